The summed E-state index contributed by atoms with van der Waals surface area (Å²) >= 11 is 0. The Morgan fingerprint density at radius 3 is 2.20 bits per heavy atom. The molecule has 1 aromatic rings. The van der Waals surface area contributed by atoms with Crippen LogP contribution < -0.4 is 0 Å². The molecule has 0 saturated carbocycles. The van der Waals surface area contributed by atoms with Crippen LogP contribution in [-0.2, 0) is 9.63 Å². The Labute approximate surface area is 116 Å². The summed E-state index contributed by atoms with van der Waals surface area (Å²) in [6.07, 6.45) is -0.322. The molecule has 0 unspecified atom stereocenters. The van der Waals surface area contributed by atoms with Crippen molar-refractivity contribution in [2.24, 2.45) is 5.41 Å². The number of carbonyl (C=O) groups is 2. The molecule has 1 rings (SSSR count). The van der Waals surface area contributed by atoms with E-state index in [-0.39, 0.29) is 6.42 Å². The van der Waals surface area contributed by atoms with E-state index in [0.29, 0.717) is 0 Å². The molecule has 0 atom stereocenters. The molecule has 0 N–H and O–H groups in total. The summed E-state index contributed by atoms with van der Waals surface area (Å²) < 4.78 is 27.0. The summed E-state index contributed by atoms with van der Waals surface area (Å²) in [5.74, 6) is -3.08. The van der Waals surface area contributed by atoms with Crippen LogP contribution in [0.15, 0.2) is 18.2 Å². The van der Waals surface area contributed by atoms with Gasteiger partial charge in [0.1, 0.15) is 11.6 Å². The highest BCUT2D eigenvalue weighted by Gasteiger charge is 2.35. The fraction of sp³-hybridized carbons (Fsp3) is 0.429. The highest BCUT2D eigenvalue weighted by molar-refractivity contribution is 5.99. The second kappa shape index (κ2) is 6.09. The van der Waals surface area contributed by atoms with E-state index >= 15 is 0 Å². The van der Waals surface area contributed by atoms with Crippen molar-refractivity contribution in [3.8, 4) is 0 Å². The zero-order chi connectivity index (χ0) is 15.5. The lowest BCUT2D eigenvalue weighted by molar-refractivity contribution is -0.178. The molecule has 0 radical (unpaired) electrons. The lowest BCUT2D eigenvalue weighted by atomic mass is 9.84. The van der Waals surface area contributed by atoms with Crippen LogP contribution in [0.1, 0.15) is 30.6 Å². The fourth-order valence-corrected chi connectivity index (χ4v) is 1.84. The molecule has 0 heterocycles. The lowest BCUT2D eigenvalue weighted by Crippen LogP contribution is -2.39. The highest BCUT2D eigenvalue weighted by Crippen LogP contribution is 2.27. The zero-order valence-corrected chi connectivity index (χ0v) is 11.9. The molecule has 1 aromatic carbocycles. The Morgan fingerprint density at radius 1 is 1.25 bits per heavy atom. The van der Waals surface area contributed by atoms with E-state index in [1.807, 2.05) is 0 Å². The summed E-state index contributed by atoms with van der Waals surface area (Å²) in [7, 11) is 2.71. The monoisotopic (exact) mass is 285 g/mol. The number of hydroxylamine groups is 2. The number of hydrogen-bond acceptors (Lipinski definition) is 3. The summed E-state index contributed by atoms with van der Waals surface area (Å²) in [6.45, 7) is 3.03. The van der Waals surface area contributed by atoms with Gasteiger partial charge >= 0.3 is 0 Å². The number of rotatable bonds is 5. The van der Waals surface area contributed by atoms with Crippen LogP contribution in [0.3, 0.4) is 0 Å². The van der Waals surface area contributed by atoms with Crippen molar-refractivity contribution >= 4 is 11.7 Å². The summed E-state index contributed by atoms with van der Waals surface area (Å²) in [6, 6.07) is 3.19. The van der Waals surface area contributed by atoms with Crippen LogP contribution in [0, 0.1) is 17.0 Å². The number of halogens is 2. The maximum Gasteiger partial charge on any atom is 0.251 e. The molecule has 0 aliphatic rings. The predicted molar refractivity (Wildman–Crippen MR) is 68.9 cm³/mol. The van der Waals surface area contributed by atoms with Gasteiger partial charge in [-0.2, -0.15) is 0 Å². The van der Waals surface area contributed by atoms with Gasteiger partial charge in [0.15, 0.2) is 5.78 Å². The first-order chi connectivity index (χ1) is 9.20. The molecule has 4 nitrogen and oxygen atoms in total. The van der Waals surface area contributed by atoms with Crippen molar-refractivity contribution in [3.63, 3.8) is 0 Å². The van der Waals surface area contributed by atoms with E-state index in [4.69, 9.17) is 4.84 Å². The number of nitrogens with zero attached hydrogens (tertiary/aromatic N) is 1. The Hall–Kier alpha value is -1.82. The SMILES string of the molecule is CON(C)C(=O)C(C)(C)CC(=O)c1c(F)cccc1F. The van der Waals surface area contributed by atoms with Gasteiger partial charge < -0.3 is 0 Å². The van der Waals surface area contributed by atoms with Crippen molar-refractivity contribution in [1.82, 2.24) is 5.06 Å². The molecule has 0 aromatic heterocycles. The minimum absolute atomic E-state index is 0.322. The van der Waals surface area contributed by atoms with Gasteiger partial charge in [-0.1, -0.05) is 19.9 Å². The van der Waals surface area contributed by atoms with Crippen LogP contribution in [0.2, 0.25) is 0 Å². The van der Waals surface area contributed by atoms with E-state index in [2.05, 4.69) is 0 Å². The summed E-state index contributed by atoms with van der Waals surface area (Å²) in [4.78, 5) is 28.8. The molecular weight excluding hydrogens is 268 g/mol. The minimum atomic E-state index is -1.13. The second-order valence-corrected chi connectivity index (χ2v) is 5.07. The van der Waals surface area contributed by atoms with Gasteiger partial charge in [0.25, 0.3) is 5.91 Å². The average molecular weight is 285 g/mol. The van der Waals surface area contributed by atoms with E-state index in [0.717, 1.165) is 17.2 Å². The first-order valence-corrected chi connectivity index (χ1v) is 6.00. The predicted octanol–water partition coefficient (Wildman–Crippen LogP) is 2.58. The van der Waals surface area contributed by atoms with Gasteiger partial charge in [0, 0.05) is 13.5 Å². The number of hydrogen-bond donors (Lipinski definition) is 0. The molecule has 110 valence electrons. The molecule has 20 heavy (non-hydrogen) atoms. The molecular formula is C14H17F2NO3. The topological polar surface area (TPSA) is 46.6 Å². The third-order valence-electron chi connectivity index (χ3n) is 2.98. The van der Waals surface area contributed by atoms with Gasteiger partial charge in [-0.3, -0.25) is 14.4 Å². The first kappa shape index (κ1) is 16.2. The standard InChI is InChI=1S/C14H17F2NO3/c1-14(2,13(19)17(3)20-4)8-11(18)12-9(15)6-5-7-10(12)16/h5-7H,8H2,1-4H3. The van der Waals surface area contributed by atoms with Crippen molar-refractivity contribution in [1.29, 1.82) is 0 Å². The third kappa shape index (κ3) is 3.39. The number of Topliss-reactive ketones (excluding diaryl/α,β-unsaturated/α-hetero) is 1. The van der Waals surface area contributed by atoms with E-state index in [1.54, 1.807) is 0 Å². The van der Waals surface area contributed by atoms with Crippen molar-refractivity contribution < 1.29 is 23.2 Å². The van der Waals surface area contributed by atoms with E-state index in [1.165, 1.54) is 34.1 Å². The van der Waals surface area contributed by atoms with Crippen LogP contribution in [0.4, 0.5) is 8.78 Å². The van der Waals surface area contributed by atoms with Crippen molar-refractivity contribution in [2.75, 3.05) is 14.2 Å². The molecule has 6 heteroatoms. The Bertz CT molecular complexity index is 509. The Kier molecular flexibility index (Phi) is 4.94. The number of benzene rings is 1. The molecule has 0 aliphatic carbocycles. The Balaban J connectivity index is 2.98. The lowest BCUT2D eigenvalue weighted by Gasteiger charge is -2.27. The second-order valence-electron chi connectivity index (χ2n) is 5.07. The molecule has 0 bridgehead atoms. The summed E-state index contributed by atoms with van der Waals surface area (Å²) in [5.41, 5.74) is -1.75. The quantitative estimate of drug-likeness (QED) is 0.617. The summed E-state index contributed by atoms with van der Waals surface area (Å²) in [5, 5.41) is 0.977. The normalized spacial score (nSPS) is 11.3. The number of ketones is 1. The Morgan fingerprint density at radius 2 is 1.75 bits per heavy atom. The van der Waals surface area contributed by atoms with Crippen LogP contribution in [0.25, 0.3) is 0 Å². The van der Waals surface area contributed by atoms with Crippen molar-refractivity contribution in [2.45, 2.75) is 20.3 Å². The molecule has 1 amide bonds. The number of amides is 1. The maximum absolute atomic E-state index is 13.5. The first-order valence-electron chi connectivity index (χ1n) is 6.00. The molecule has 0 saturated heterocycles. The fourth-order valence-electron chi connectivity index (χ4n) is 1.84. The van der Waals surface area contributed by atoms with Crippen LogP contribution in [-0.4, -0.2) is 30.9 Å². The van der Waals surface area contributed by atoms with Crippen molar-refractivity contribution in [3.05, 3.63) is 35.4 Å². The van der Waals surface area contributed by atoms with Gasteiger partial charge in [0.05, 0.1) is 18.1 Å². The smallest absolute Gasteiger partial charge is 0.251 e. The maximum atomic E-state index is 13.5. The molecule has 0 aliphatic heterocycles. The van der Waals surface area contributed by atoms with Gasteiger partial charge in [-0.05, 0) is 12.1 Å². The highest BCUT2D eigenvalue weighted by atomic mass is 19.1. The minimum Gasteiger partial charge on any atom is -0.294 e. The van der Waals surface area contributed by atoms with E-state index < -0.39 is 34.3 Å². The number of carbonyl (C=O) groups excluding carboxylic acids is 2. The van der Waals surface area contributed by atoms with Gasteiger partial charge in [-0.15, -0.1) is 0 Å². The zero-order valence-electron chi connectivity index (χ0n) is 11.9. The third-order valence-corrected chi connectivity index (χ3v) is 2.98. The van der Waals surface area contributed by atoms with E-state index in [9.17, 15) is 18.4 Å². The molecule has 0 fully saturated rings. The average Bonchev–Trinajstić information content (AvgIpc) is 2.36. The molecule has 0 spiro atoms. The van der Waals surface area contributed by atoms with Gasteiger partial charge in [0.2, 0.25) is 0 Å². The van der Waals surface area contributed by atoms with Crippen LogP contribution in [0.5, 0.6) is 0 Å². The largest absolute Gasteiger partial charge is 0.294 e. The van der Waals surface area contributed by atoms with Crippen LogP contribution >= 0.6 is 0 Å². The van der Waals surface area contributed by atoms with Gasteiger partial charge in [-0.25, -0.2) is 13.8 Å².